The maximum absolute atomic E-state index is 13.4. The van der Waals surface area contributed by atoms with Gasteiger partial charge in [-0.1, -0.05) is 6.92 Å². The molecule has 0 radical (unpaired) electrons. The molecule has 1 N–H and O–H groups in total. The molecule has 102 valence electrons. The van der Waals surface area contributed by atoms with Crippen molar-refractivity contribution in [2.24, 2.45) is 5.92 Å². The number of aliphatic hydroxyl groups is 1. The van der Waals surface area contributed by atoms with E-state index in [9.17, 15) is 9.50 Å². The van der Waals surface area contributed by atoms with Gasteiger partial charge in [0, 0.05) is 18.2 Å². The second-order valence-electron chi connectivity index (χ2n) is 4.68. The minimum absolute atomic E-state index is 0.000932. The average Bonchev–Trinajstić information content (AvgIpc) is 2.32. The van der Waals surface area contributed by atoms with Gasteiger partial charge < -0.3 is 14.7 Å². The van der Waals surface area contributed by atoms with Crippen LogP contribution in [0.1, 0.15) is 25.5 Å². The van der Waals surface area contributed by atoms with Crippen LogP contribution in [0.4, 0.5) is 4.39 Å². The molecule has 4 heteroatoms. The van der Waals surface area contributed by atoms with Crippen LogP contribution in [0.2, 0.25) is 0 Å². The van der Waals surface area contributed by atoms with Gasteiger partial charge in [0.25, 0.3) is 0 Å². The van der Waals surface area contributed by atoms with E-state index in [1.807, 2.05) is 32.8 Å². The summed E-state index contributed by atoms with van der Waals surface area (Å²) < 4.78 is 19.0. The Balaban J connectivity index is 3.20. The second kappa shape index (κ2) is 6.71. The fourth-order valence-electron chi connectivity index (χ4n) is 2.23. The smallest absolute Gasteiger partial charge is 0.124 e. The molecular weight excluding hydrogens is 233 g/mol. The van der Waals surface area contributed by atoms with Crippen molar-refractivity contribution in [3.63, 3.8) is 0 Å². The van der Waals surface area contributed by atoms with E-state index in [4.69, 9.17) is 4.74 Å². The summed E-state index contributed by atoms with van der Waals surface area (Å²) in [6, 6.07) is 4.45. The maximum Gasteiger partial charge on any atom is 0.124 e. The number of rotatable bonds is 6. The number of ether oxygens (including phenoxy) is 1. The predicted octanol–water partition coefficient (Wildman–Crippen LogP) is 2.46. The Bertz CT molecular complexity index is 382. The molecule has 3 nitrogen and oxygen atoms in total. The zero-order valence-electron chi connectivity index (χ0n) is 11.5. The molecular formula is C14H22FNO2. The van der Waals surface area contributed by atoms with Gasteiger partial charge in [-0.2, -0.15) is 0 Å². The first kappa shape index (κ1) is 14.9. The lowest BCUT2D eigenvalue weighted by Crippen LogP contribution is -2.28. The van der Waals surface area contributed by atoms with E-state index in [1.165, 1.54) is 12.1 Å². The topological polar surface area (TPSA) is 32.7 Å². The van der Waals surface area contributed by atoms with Crippen LogP contribution in [0.5, 0.6) is 5.75 Å². The lowest BCUT2D eigenvalue weighted by molar-refractivity contribution is 0.142. The van der Waals surface area contributed by atoms with E-state index in [-0.39, 0.29) is 24.4 Å². The third kappa shape index (κ3) is 3.43. The van der Waals surface area contributed by atoms with Gasteiger partial charge in [0.2, 0.25) is 0 Å². The monoisotopic (exact) mass is 255 g/mol. The highest BCUT2D eigenvalue weighted by molar-refractivity contribution is 5.37. The molecule has 0 amide bonds. The summed E-state index contributed by atoms with van der Waals surface area (Å²) in [6.07, 6.45) is 0. The second-order valence-corrected chi connectivity index (χ2v) is 4.68. The first-order valence-electron chi connectivity index (χ1n) is 6.20. The summed E-state index contributed by atoms with van der Waals surface area (Å²) >= 11 is 0. The number of hydrogen-bond donors (Lipinski definition) is 1. The minimum Gasteiger partial charge on any atom is -0.494 e. The maximum atomic E-state index is 13.4. The zero-order valence-corrected chi connectivity index (χ0v) is 11.5. The van der Waals surface area contributed by atoms with Crippen LogP contribution >= 0.6 is 0 Å². The molecule has 2 atom stereocenters. The molecule has 18 heavy (non-hydrogen) atoms. The Morgan fingerprint density at radius 2 is 2.06 bits per heavy atom. The molecule has 0 bridgehead atoms. The van der Waals surface area contributed by atoms with Gasteiger partial charge in [0.15, 0.2) is 0 Å². The molecule has 1 aromatic rings. The van der Waals surface area contributed by atoms with E-state index in [2.05, 4.69) is 0 Å². The Kier molecular flexibility index (Phi) is 5.56. The van der Waals surface area contributed by atoms with Crippen molar-refractivity contribution in [2.45, 2.75) is 19.9 Å². The third-order valence-corrected chi connectivity index (χ3v) is 2.97. The van der Waals surface area contributed by atoms with Gasteiger partial charge in [-0.05, 0) is 45.1 Å². The van der Waals surface area contributed by atoms with Gasteiger partial charge >= 0.3 is 0 Å². The largest absolute Gasteiger partial charge is 0.494 e. The van der Waals surface area contributed by atoms with Crippen LogP contribution in [0, 0.1) is 11.7 Å². The molecule has 0 aromatic heterocycles. The van der Waals surface area contributed by atoms with Crippen molar-refractivity contribution in [1.29, 1.82) is 0 Å². The van der Waals surface area contributed by atoms with Crippen LogP contribution in [0.15, 0.2) is 18.2 Å². The highest BCUT2D eigenvalue weighted by atomic mass is 19.1. The lowest BCUT2D eigenvalue weighted by atomic mass is 9.93. The van der Waals surface area contributed by atoms with Crippen LogP contribution in [-0.4, -0.2) is 37.3 Å². The van der Waals surface area contributed by atoms with Gasteiger partial charge in [0.05, 0.1) is 6.61 Å². The van der Waals surface area contributed by atoms with Crippen molar-refractivity contribution < 1.29 is 14.2 Å². The molecule has 0 heterocycles. The summed E-state index contributed by atoms with van der Waals surface area (Å²) in [6.45, 7) is 4.41. The van der Waals surface area contributed by atoms with Gasteiger partial charge in [-0.15, -0.1) is 0 Å². The minimum atomic E-state index is -0.287. The van der Waals surface area contributed by atoms with E-state index >= 15 is 0 Å². The Labute approximate surface area is 108 Å². The molecule has 1 rings (SSSR count). The molecule has 0 aliphatic rings. The Morgan fingerprint density at radius 3 is 2.56 bits per heavy atom. The van der Waals surface area contributed by atoms with E-state index in [0.717, 1.165) is 5.56 Å². The van der Waals surface area contributed by atoms with E-state index < -0.39 is 0 Å². The number of benzene rings is 1. The fraction of sp³-hybridized carbons (Fsp3) is 0.571. The SMILES string of the molecule is CCOc1ccc(F)cc1C(C(C)CO)N(C)C. The summed E-state index contributed by atoms with van der Waals surface area (Å²) in [5.74, 6) is 0.393. The predicted molar refractivity (Wildman–Crippen MR) is 70.2 cm³/mol. The van der Waals surface area contributed by atoms with Crippen LogP contribution in [0.3, 0.4) is 0 Å². The highest BCUT2D eigenvalue weighted by Crippen LogP contribution is 2.34. The quantitative estimate of drug-likeness (QED) is 0.847. The molecule has 2 unspecified atom stereocenters. The van der Waals surface area contributed by atoms with Gasteiger partial charge in [-0.25, -0.2) is 4.39 Å². The Hall–Kier alpha value is -1.13. The van der Waals surface area contributed by atoms with E-state index in [0.29, 0.717) is 12.4 Å². The first-order chi connectivity index (χ1) is 8.51. The number of hydrogen-bond acceptors (Lipinski definition) is 3. The lowest BCUT2D eigenvalue weighted by Gasteiger charge is -2.30. The number of aliphatic hydroxyl groups excluding tert-OH is 1. The summed E-state index contributed by atoms with van der Waals surface area (Å²) in [5, 5.41) is 9.34. The van der Waals surface area contributed by atoms with Crippen LogP contribution in [-0.2, 0) is 0 Å². The standard InChI is InChI=1S/C14H22FNO2/c1-5-18-13-7-6-11(15)8-12(13)14(16(3)4)10(2)9-17/h6-8,10,14,17H,5,9H2,1-4H3. The van der Waals surface area contributed by atoms with Crippen molar-refractivity contribution in [1.82, 2.24) is 4.90 Å². The highest BCUT2D eigenvalue weighted by Gasteiger charge is 2.24. The number of nitrogens with zero attached hydrogens (tertiary/aromatic N) is 1. The molecule has 1 aromatic carbocycles. The normalized spacial score (nSPS) is 14.6. The molecule has 0 aliphatic heterocycles. The Morgan fingerprint density at radius 1 is 1.39 bits per heavy atom. The zero-order chi connectivity index (χ0) is 13.7. The van der Waals surface area contributed by atoms with Crippen molar-refractivity contribution in [3.05, 3.63) is 29.6 Å². The molecule has 0 saturated carbocycles. The summed E-state index contributed by atoms with van der Waals surface area (Å²) in [7, 11) is 3.83. The van der Waals surface area contributed by atoms with Crippen molar-refractivity contribution in [2.75, 3.05) is 27.3 Å². The fourth-order valence-corrected chi connectivity index (χ4v) is 2.23. The van der Waals surface area contributed by atoms with Gasteiger partial charge in [0.1, 0.15) is 11.6 Å². The average molecular weight is 255 g/mol. The van der Waals surface area contributed by atoms with Crippen molar-refractivity contribution >= 4 is 0 Å². The van der Waals surface area contributed by atoms with Crippen LogP contribution in [0.25, 0.3) is 0 Å². The summed E-state index contributed by atoms with van der Waals surface area (Å²) in [5.41, 5.74) is 0.781. The molecule has 0 spiro atoms. The summed E-state index contributed by atoms with van der Waals surface area (Å²) in [4.78, 5) is 1.97. The van der Waals surface area contributed by atoms with Crippen LogP contribution < -0.4 is 4.74 Å². The molecule has 0 saturated heterocycles. The van der Waals surface area contributed by atoms with E-state index in [1.54, 1.807) is 6.07 Å². The molecule has 0 aliphatic carbocycles. The molecule has 0 fully saturated rings. The number of halogens is 1. The van der Waals surface area contributed by atoms with Gasteiger partial charge in [-0.3, -0.25) is 0 Å². The van der Waals surface area contributed by atoms with Crippen molar-refractivity contribution in [3.8, 4) is 5.75 Å². The first-order valence-corrected chi connectivity index (χ1v) is 6.20. The third-order valence-electron chi connectivity index (χ3n) is 2.97.